The van der Waals surface area contributed by atoms with Gasteiger partial charge in [-0.15, -0.1) is 0 Å². The monoisotopic (exact) mass is 242 g/mol. The molecule has 1 saturated carbocycles. The van der Waals surface area contributed by atoms with Crippen LogP contribution in [-0.2, 0) is 9.53 Å². The van der Waals surface area contributed by atoms with E-state index in [0.29, 0.717) is 18.6 Å². The van der Waals surface area contributed by atoms with Gasteiger partial charge in [-0.3, -0.25) is 4.79 Å². The van der Waals surface area contributed by atoms with Crippen molar-refractivity contribution in [1.82, 2.24) is 10.6 Å². The predicted molar refractivity (Wildman–Crippen MR) is 69.0 cm³/mol. The maximum Gasteiger partial charge on any atom is 0.221 e. The molecule has 1 fully saturated rings. The lowest BCUT2D eigenvalue weighted by molar-refractivity contribution is -0.121. The van der Waals surface area contributed by atoms with Crippen molar-refractivity contribution < 1.29 is 9.53 Å². The van der Waals surface area contributed by atoms with Crippen LogP contribution in [0.2, 0.25) is 0 Å². The van der Waals surface area contributed by atoms with Gasteiger partial charge in [0, 0.05) is 32.2 Å². The van der Waals surface area contributed by atoms with Crippen LogP contribution in [0.15, 0.2) is 0 Å². The highest BCUT2D eigenvalue weighted by molar-refractivity contribution is 5.75. The molecule has 0 unspecified atom stereocenters. The van der Waals surface area contributed by atoms with Crippen molar-refractivity contribution in [3.8, 4) is 0 Å². The fourth-order valence-electron chi connectivity index (χ4n) is 1.54. The maximum absolute atomic E-state index is 11.4. The Bertz CT molecular complexity index is 215. The third-order valence-electron chi connectivity index (χ3n) is 2.71. The van der Waals surface area contributed by atoms with Gasteiger partial charge in [-0.2, -0.15) is 0 Å². The fourth-order valence-corrected chi connectivity index (χ4v) is 1.54. The number of carbonyl (C=O) groups is 1. The molecule has 0 aromatic heterocycles. The van der Waals surface area contributed by atoms with Crippen LogP contribution in [-0.4, -0.2) is 37.7 Å². The highest BCUT2D eigenvalue weighted by Gasteiger charge is 2.19. The van der Waals surface area contributed by atoms with Crippen molar-refractivity contribution in [1.29, 1.82) is 0 Å². The largest absolute Gasteiger partial charge is 0.379 e. The van der Waals surface area contributed by atoms with Crippen LogP contribution >= 0.6 is 0 Å². The number of ether oxygens (including phenoxy) is 1. The number of carbonyl (C=O) groups excluding carboxylic acids is 1. The summed E-state index contributed by atoms with van der Waals surface area (Å²) in [5.74, 6) is 0.155. The summed E-state index contributed by atoms with van der Waals surface area (Å²) in [5.41, 5.74) is 0. The van der Waals surface area contributed by atoms with Crippen LogP contribution < -0.4 is 10.6 Å². The third kappa shape index (κ3) is 9.12. The summed E-state index contributed by atoms with van der Waals surface area (Å²) >= 11 is 0. The van der Waals surface area contributed by atoms with Gasteiger partial charge in [0.1, 0.15) is 0 Å². The molecular weight excluding hydrogens is 216 g/mol. The van der Waals surface area contributed by atoms with Crippen LogP contribution in [0.4, 0.5) is 0 Å². The van der Waals surface area contributed by atoms with Crippen LogP contribution in [0.25, 0.3) is 0 Å². The second-order valence-electron chi connectivity index (χ2n) is 4.96. The zero-order chi connectivity index (χ0) is 12.5. The summed E-state index contributed by atoms with van der Waals surface area (Å²) in [7, 11) is 0. The van der Waals surface area contributed by atoms with E-state index in [9.17, 15) is 4.79 Å². The Morgan fingerprint density at radius 2 is 2.06 bits per heavy atom. The zero-order valence-corrected chi connectivity index (χ0v) is 11.1. The van der Waals surface area contributed by atoms with Crippen LogP contribution in [0, 0.1) is 0 Å². The number of rotatable bonds is 10. The molecule has 4 heteroatoms. The van der Waals surface area contributed by atoms with Crippen LogP contribution in [0.1, 0.15) is 46.0 Å². The Balaban J connectivity index is 1.79. The summed E-state index contributed by atoms with van der Waals surface area (Å²) in [6.45, 7) is 6.44. The number of unbranched alkanes of at least 4 members (excludes halogenated alkanes) is 1. The van der Waals surface area contributed by atoms with Gasteiger partial charge >= 0.3 is 0 Å². The van der Waals surface area contributed by atoms with Crippen LogP contribution in [0.3, 0.4) is 0 Å². The molecule has 0 atom stereocenters. The first-order chi connectivity index (χ1) is 8.18. The van der Waals surface area contributed by atoms with Gasteiger partial charge in [0.2, 0.25) is 5.91 Å². The van der Waals surface area contributed by atoms with E-state index in [1.165, 1.54) is 12.8 Å². The van der Waals surface area contributed by atoms with E-state index in [0.717, 1.165) is 32.5 Å². The molecule has 1 aliphatic rings. The SMILES string of the molecule is CC(C)OCCCCNC(=O)CCNC1CC1. The van der Waals surface area contributed by atoms with E-state index < -0.39 is 0 Å². The fraction of sp³-hybridized carbons (Fsp3) is 0.923. The molecule has 0 aromatic rings. The summed E-state index contributed by atoms with van der Waals surface area (Å²) in [4.78, 5) is 11.4. The summed E-state index contributed by atoms with van der Waals surface area (Å²) < 4.78 is 5.42. The Morgan fingerprint density at radius 1 is 1.29 bits per heavy atom. The molecule has 0 aromatic carbocycles. The first-order valence-electron chi connectivity index (χ1n) is 6.80. The van der Waals surface area contributed by atoms with Crippen molar-refractivity contribution in [2.45, 2.75) is 58.1 Å². The predicted octanol–water partition coefficient (Wildman–Crippen LogP) is 1.45. The van der Waals surface area contributed by atoms with Crippen molar-refractivity contribution >= 4 is 5.91 Å². The van der Waals surface area contributed by atoms with Gasteiger partial charge in [-0.1, -0.05) is 0 Å². The second-order valence-corrected chi connectivity index (χ2v) is 4.96. The molecule has 100 valence electrons. The number of nitrogens with one attached hydrogen (secondary N) is 2. The molecule has 0 aliphatic heterocycles. The van der Waals surface area contributed by atoms with Gasteiger partial charge in [-0.05, 0) is 39.5 Å². The Labute approximate surface area is 104 Å². The summed E-state index contributed by atoms with van der Waals surface area (Å²) in [6, 6.07) is 0.691. The van der Waals surface area contributed by atoms with E-state index >= 15 is 0 Å². The molecule has 0 spiro atoms. The lowest BCUT2D eigenvalue weighted by Crippen LogP contribution is -2.29. The molecule has 17 heavy (non-hydrogen) atoms. The Kier molecular flexibility index (Phi) is 7.21. The van der Waals surface area contributed by atoms with E-state index in [1.807, 2.05) is 13.8 Å². The topological polar surface area (TPSA) is 50.4 Å². The molecule has 0 radical (unpaired) electrons. The van der Waals surface area contributed by atoms with Gasteiger partial charge in [-0.25, -0.2) is 0 Å². The molecule has 0 saturated heterocycles. The van der Waals surface area contributed by atoms with Crippen LogP contribution in [0.5, 0.6) is 0 Å². The molecule has 1 aliphatic carbocycles. The molecule has 0 heterocycles. The van der Waals surface area contributed by atoms with Crippen molar-refractivity contribution in [2.24, 2.45) is 0 Å². The van der Waals surface area contributed by atoms with Gasteiger partial charge in [0.25, 0.3) is 0 Å². The van der Waals surface area contributed by atoms with E-state index in [2.05, 4.69) is 10.6 Å². The minimum Gasteiger partial charge on any atom is -0.379 e. The highest BCUT2D eigenvalue weighted by Crippen LogP contribution is 2.18. The summed E-state index contributed by atoms with van der Waals surface area (Å²) in [5, 5.41) is 6.26. The average Bonchev–Trinajstić information content (AvgIpc) is 3.06. The normalized spacial score (nSPS) is 15.2. The minimum absolute atomic E-state index is 0.155. The molecule has 1 rings (SSSR count). The Hall–Kier alpha value is -0.610. The second kappa shape index (κ2) is 8.48. The average molecular weight is 242 g/mol. The molecule has 1 amide bonds. The minimum atomic E-state index is 0.155. The molecule has 2 N–H and O–H groups in total. The van der Waals surface area contributed by atoms with E-state index in [1.54, 1.807) is 0 Å². The quantitative estimate of drug-likeness (QED) is 0.570. The Morgan fingerprint density at radius 3 is 2.71 bits per heavy atom. The zero-order valence-electron chi connectivity index (χ0n) is 11.1. The lowest BCUT2D eigenvalue weighted by atomic mass is 10.3. The van der Waals surface area contributed by atoms with Crippen molar-refractivity contribution in [2.75, 3.05) is 19.7 Å². The summed E-state index contributed by atoms with van der Waals surface area (Å²) in [6.07, 6.45) is 5.46. The number of hydrogen-bond acceptors (Lipinski definition) is 3. The lowest BCUT2D eigenvalue weighted by Gasteiger charge is -2.08. The smallest absolute Gasteiger partial charge is 0.221 e. The van der Waals surface area contributed by atoms with E-state index in [4.69, 9.17) is 4.74 Å². The maximum atomic E-state index is 11.4. The van der Waals surface area contributed by atoms with E-state index in [-0.39, 0.29) is 5.91 Å². The van der Waals surface area contributed by atoms with Gasteiger partial charge in [0.05, 0.1) is 6.10 Å². The van der Waals surface area contributed by atoms with Gasteiger partial charge in [0.15, 0.2) is 0 Å². The van der Waals surface area contributed by atoms with Crippen molar-refractivity contribution in [3.63, 3.8) is 0 Å². The molecule has 0 bridgehead atoms. The van der Waals surface area contributed by atoms with Crippen molar-refractivity contribution in [3.05, 3.63) is 0 Å². The number of amides is 1. The van der Waals surface area contributed by atoms with Gasteiger partial charge < -0.3 is 15.4 Å². The first-order valence-corrected chi connectivity index (χ1v) is 6.80. The standard InChI is InChI=1S/C13H26N2O2/c1-11(2)17-10-4-3-8-15-13(16)7-9-14-12-5-6-12/h11-12,14H,3-10H2,1-2H3,(H,15,16). The number of hydrogen-bond donors (Lipinski definition) is 2. The molecular formula is C13H26N2O2. The third-order valence-corrected chi connectivity index (χ3v) is 2.71. The molecule has 4 nitrogen and oxygen atoms in total. The first kappa shape index (κ1) is 14.5. The highest BCUT2D eigenvalue weighted by atomic mass is 16.5.